The van der Waals surface area contributed by atoms with E-state index in [4.69, 9.17) is 34.8 Å². The predicted octanol–water partition coefficient (Wildman–Crippen LogP) is 3.48. The minimum Gasteiger partial charge on any atom is -0.443 e. The Balaban J connectivity index is 2.43. The van der Waals surface area contributed by atoms with Gasteiger partial charge in [-0.3, -0.25) is 0 Å². The van der Waals surface area contributed by atoms with Crippen molar-refractivity contribution < 1.29 is 23.6 Å². The molecule has 0 spiro atoms. The second kappa shape index (κ2) is 7.68. The summed E-state index contributed by atoms with van der Waals surface area (Å²) < 4.78 is 15.5. The summed E-state index contributed by atoms with van der Waals surface area (Å²) in [6, 6.07) is 5.29. The molecule has 1 unspecified atom stereocenters. The lowest BCUT2D eigenvalue weighted by molar-refractivity contribution is -0.151. The summed E-state index contributed by atoms with van der Waals surface area (Å²) in [4.78, 5) is 27.4. The first kappa shape index (κ1) is 17.8. The molecule has 9 heteroatoms. The Labute approximate surface area is 135 Å². The van der Waals surface area contributed by atoms with Crippen molar-refractivity contribution in [3.63, 3.8) is 0 Å². The van der Waals surface area contributed by atoms with Crippen molar-refractivity contribution >= 4 is 46.9 Å². The zero-order valence-corrected chi connectivity index (χ0v) is 13.0. The summed E-state index contributed by atoms with van der Waals surface area (Å²) in [7, 11) is 0. The molecule has 0 aliphatic rings. The largest absolute Gasteiger partial charge is 0.443 e. The van der Waals surface area contributed by atoms with Crippen LogP contribution < -0.4 is 5.48 Å². The molecule has 0 fully saturated rings. The molecule has 116 valence electrons. The van der Waals surface area contributed by atoms with E-state index in [1.807, 2.05) is 0 Å². The number of hydrogen-bond donors (Lipinski definition) is 1. The molecule has 1 aromatic rings. The normalized spacial score (nSPS) is 12.4. The van der Waals surface area contributed by atoms with E-state index >= 15 is 0 Å². The lowest BCUT2D eigenvalue weighted by Gasteiger charge is -2.13. The van der Waals surface area contributed by atoms with Crippen LogP contribution in [0.4, 0.5) is 9.18 Å². The van der Waals surface area contributed by atoms with E-state index in [1.165, 1.54) is 31.2 Å². The van der Waals surface area contributed by atoms with E-state index in [1.54, 1.807) is 5.48 Å². The highest BCUT2D eigenvalue weighted by atomic mass is 35.6. The predicted molar refractivity (Wildman–Crippen MR) is 75.7 cm³/mol. The number of halogens is 4. The Bertz CT molecular complexity index is 504. The molecule has 1 aromatic carbocycles. The number of rotatable bonds is 3. The Morgan fingerprint density at radius 3 is 2.38 bits per heavy atom. The van der Waals surface area contributed by atoms with Crippen LogP contribution in [0.3, 0.4) is 0 Å². The molecule has 0 saturated heterocycles. The summed E-state index contributed by atoms with van der Waals surface area (Å²) in [5.74, 6) is -1.89. The lowest BCUT2D eigenvalue weighted by atomic mass is 10.0. The van der Waals surface area contributed by atoms with Crippen LogP contribution in [0.2, 0.25) is 0 Å². The molecule has 1 amide bonds. The van der Waals surface area contributed by atoms with Gasteiger partial charge in [-0.1, -0.05) is 46.9 Å². The zero-order valence-electron chi connectivity index (χ0n) is 10.7. The van der Waals surface area contributed by atoms with Crippen molar-refractivity contribution in [2.45, 2.75) is 16.6 Å². The van der Waals surface area contributed by atoms with E-state index in [-0.39, 0.29) is 0 Å². The molecule has 0 aliphatic heterocycles. The summed E-state index contributed by atoms with van der Waals surface area (Å²) in [6.45, 7) is 1.03. The van der Waals surface area contributed by atoms with Gasteiger partial charge in [0.05, 0.1) is 5.92 Å². The first-order valence-electron chi connectivity index (χ1n) is 5.64. The van der Waals surface area contributed by atoms with E-state index < -0.39 is 34.2 Å². The second-order valence-electron chi connectivity index (χ2n) is 3.99. The van der Waals surface area contributed by atoms with Crippen molar-refractivity contribution in [1.82, 2.24) is 5.48 Å². The van der Waals surface area contributed by atoms with E-state index in [9.17, 15) is 14.0 Å². The van der Waals surface area contributed by atoms with Gasteiger partial charge < -0.3 is 9.57 Å². The molecule has 0 radical (unpaired) electrons. The third kappa shape index (κ3) is 6.84. The number of carbonyl (C=O) groups excluding carboxylic acids is 2. The average Bonchev–Trinajstić information content (AvgIpc) is 2.41. The van der Waals surface area contributed by atoms with Gasteiger partial charge >= 0.3 is 12.1 Å². The summed E-state index contributed by atoms with van der Waals surface area (Å²) in [5, 5.41) is 0. The van der Waals surface area contributed by atoms with Crippen LogP contribution >= 0.6 is 34.8 Å². The van der Waals surface area contributed by atoms with Crippen LogP contribution in [0.15, 0.2) is 24.3 Å². The third-order valence-corrected chi connectivity index (χ3v) is 2.65. The van der Waals surface area contributed by atoms with Gasteiger partial charge in [0.1, 0.15) is 12.4 Å². The highest BCUT2D eigenvalue weighted by molar-refractivity contribution is 6.67. The molecule has 21 heavy (non-hydrogen) atoms. The minimum absolute atomic E-state index is 0.423. The first-order valence-corrected chi connectivity index (χ1v) is 6.78. The second-order valence-corrected chi connectivity index (χ2v) is 6.50. The number of ether oxygens (including phenoxy) is 1. The number of hydrogen-bond acceptors (Lipinski definition) is 4. The zero-order chi connectivity index (χ0) is 16.0. The molecule has 0 bridgehead atoms. The Morgan fingerprint density at radius 1 is 1.29 bits per heavy atom. The van der Waals surface area contributed by atoms with Crippen LogP contribution in [0.5, 0.6) is 0 Å². The molecule has 0 aromatic heterocycles. The van der Waals surface area contributed by atoms with E-state index in [0.29, 0.717) is 5.56 Å². The fraction of sp³-hybridized carbons (Fsp3) is 0.333. The smallest absolute Gasteiger partial charge is 0.440 e. The molecule has 0 aliphatic carbocycles. The molecule has 0 heterocycles. The number of carbonyl (C=O) groups is 2. The first-order chi connectivity index (χ1) is 9.69. The fourth-order valence-corrected chi connectivity index (χ4v) is 1.41. The van der Waals surface area contributed by atoms with Crippen LogP contribution in [-0.4, -0.2) is 22.5 Å². The highest BCUT2D eigenvalue weighted by Crippen LogP contribution is 2.25. The van der Waals surface area contributed by atoms with Crippen molar-refractivity contribution in [3.8, 4) is 0 Å². The summed E-state index contributed by atoms with van der Waals surface area (Å²) >= 11 is 16.1. The van der Waals surface area contributed by atoms with Crippen molar-refractivity contribution in [2.24, 2.45) is 0 Å². The SMILES string of the molecule is CC(C(=O)ONC(=O)OCC(Cl)(Cl)Cl)c1ccc(F)cc1. The number of nitrogens with one attached hydrogen (secondary N) is 1. The van der Waals surface area contributed by atoms with E-state index in [0.717, 1.165) is 0 Å². The Kier molecular flexibility index (Phi) is 6.51. The quantitative estimate of drug-likeness (QED) is 0.663. The average molecular weight is 359 g/mol. The Morgan fingerprint density at radius 2 is 1.86 bits per heavy atom. The van der Waals surface area contributed by atoms with Gasteiger partial charge in [0.25, 0.3) is 0 Å². The van der Waals surface area contributed by atoms with Gasteiger partial charge in [0.2, 0.25) is 3.79 Å². The summed E-state index contributed by atoms with van der Waals surface area (Å²) in [6.07, 6.45) is -1.08. The molecule has 1 rings (SSSR count). The standard InChI is InChI=1S/C12H11Cl3FNO4/c1-7(8-2-4-9(16)5-3-8)10(18)21-17-11(19)20-6-12(13,14)15/h2-5,7H,6H2,1H3,(H,17,19). The van der Waals surface area contributed by atoms with E-state index in [2.05, 4.69) is 9.57 Å². The van der Waals surface area contributed by atoms with Crippen LogP contribution in [0, 0.1) is 5.82 Å². The fourth-order valence-electron chi connectivity index (χ4n) is 1.24. The molecule has 1 N–H and O–H groups in total. The molecule has 1 atom stereocenters. The third-order valence-electron chi connectivity index (χ3n) is 2.33. The van der Waals surface area contributed by atoms with Crippen LogP contribution in [0.1, 0.15) is 18.4 Å². The highest BCUT2D eigenvalue weighted by Gasteiger charge is 2.23. The minimum atomic E-state index is -1.76. The number of hydroxylamine groups is 1. The maximum absolute atomic E-state index is 12.8. The van der Waals surface area contributed by atoms with Gasteiger partial charge in [-0.25, -0.2) is 14.0 Å². The number of amides is 1. The van der Waals surface area contributed by atoms with Crippen LogP contribution in [0.25, 0.3) is 0 Å². The maximum atomic E-state index is 12.8. The summed E-state index contributed by atoms with van der Waals surface area (Å²) in [5.41, 5.74) is 2.28. The lowest BCUT2D eigenvalue weighted by Crippen LogP contribution is -2.31. The van der Waals surface area contributed by atoms with Gasteiger partial charge in [-0.2, -0.15) is 0 Å². The van der Waals surface area contributed by atoms with Gasteiger partial charge in [0.15, 0.2) is 0 Å². The van der Waals surface area contributed by atoms with Crippen molar-refractivity contribution in [3.05, 3.63) is 35.6 Å². The maximum Gasteiger partial charge on any atom is 0.440 e. The number of benzene rings is 1. The van der Waals surface area contributed by atoms with Crippen molar-refractivity contribution in [1.29, 1.82) is 0 Å². The van der Waals surface area contributed by atoms with Crippen LogP contribution in [-0.2, 0) is 14.4 Å². The van der Waals surface area contributed by atoms with Gasteiger partial charge in [-0.15, -0.1) is 5.48 Å². The van der Waals surface area contributed by atoms with Gasteiger partial charge in [0, 0.05) is 0 Å². The van der Waals surface area contributed by atoms with Gasteiger partial charge in [-0.05, 0) is 24.6 Å². The van der Waals surface area contributed by atoms with Crippen molar-refractivity contribution in [2.75, 3.05) is 6.61 Å². The topological polar surface area (TPSA) is 64.6 Å². The number of alkyl halides is 3. The Hall–Kier alpha value is -1.24. The molecule has 0 saturated carbocycles. The molecule has 5 nitrogen and oxygen atoms in total. The monoisotopic (exact) mass is 357 g/mol. The molecular weight excluding hydrogens is 347 g/mol. The molecular formula is C12H11Cl3FNO4.